The van der Waals surface area contributed by atoms with Crippen molar-refractivity contribution in [3.05, 3.63) is 39.9 Å². The van der Waals surface area contributed by atoms with Gasteiger partial charge in [0, 0.05) is 10.5 Å². The van der Waals surface area contributed by atoms with Crippen molar-refractivity contribution in [3.63, 3.8) is 0 Å². The fourth-order valence-electron chi connectivity index (χ4n) is 1.99. The molecular weight excluding hydrogens is 256 g/mol. The van der Waals surface area contributed by atoms with E-state index in [9.17, 15) is 4.79 Å². The molecule has 1 aromatic rings. The predicted octanol–water partition coefficient (Wildman–Crippen LogP) is 3.25. The fraction of sp³-hybridized carbons (Fsp3) is 0.250. The zero-order valence-corrected chi connectivity index (χ0v) is 9.75. The molecule has 0 saturated carbocycles. The molecule has 0 unspecified atom stereocenters. The number of allylic oxidation sites excluding steroid dienone is 1. The van der Waals surface area contributed by atoms with Gasteiger partial charge in [-0.05, 0) is 48.1 Å². The third-order valence-electron chi connectivity index (χ3n) is 2.60. The normalized spacial score (nSPS) is 17.5. The molecule has 3 heteroatoms. The average molecular weight is 267 g/mol. The van der Waals surface area contributed by atoms with Crippen molar-refractivity contribution in [1.82, 2.24) is 0 Å². The number of hydrogen-bond donors (Lipinski definition) is 1. The maximum absolute atomic E-state index is 10.7. The van der Waals surface area contributed by atoms with Crippen LogP contribution in [-0.4, -0.2) is 11.1 Å². The van der Waals surface area contributed by atoms with Gasteiger partial charge >= 0.3 is 5.97 Å². The summed E-state index contributed by atoms with van der Waals surface area (Å²) in [5.41, 5.74) is 3.27. The minimum atomic E-state index is -0.860. The Morgan fingerprint density at radius 3 is 2.93 bits per heavy atom. The third-order valence-corrected chi connectivity index (χ3v) is 3.10. The molecule has 0 heterocycles. The van der Waals surface area contributed by atoms with Crippen LogP contribution in [0.2, 0.25) is 0 Å². The van der Waals surface area contributed by atoms with E-state index >= 15 is 0 Å². The number of carboxylic acids is 1. The zero-order chi connectivity index (χ0) is 10.8. The molecule has 1 aromatic carbocycles. The Morgan fingerprint density at radius 1 is 1.40 bits per heavy atom. The first-order valence-electron chi connectivity index (χ1n) is 4.89. The molecule has 2 nitrogen and oxygen atoms in total. The second-order valence-corrected chi connectivity index (χ2v) is 4.58. The van der Waals surface area contributed by atoms with Crippen LogP contribution in [0.25, 0.3) is 5.57 Å². The van der Waals surface area contributed by atoms with Crippen LogP contribution in [0.3, 0.4) is 0 Å². The standard InChI is InChI=1S/C12H11BrO2/c13-10-4-5-11-8(6-10)2-1-3-9(11)7-12(14)15/h4-7H,1-3H2,(H,14,15). The predicted molar refractivity (Wildman–Crippen MR) is 62.7 cm³/mol. The van der Waals surface area contributed by atoms with Crippen molar-refractivity contribution in [2.75, 3.05) is 0 Å². The molecule has 0 fully saturated rings. The van der Waals surface area contributed by atoms with Gasteiger partial charge in [0.1, 0.15) is 0 Å². The highest BCUT2D eigenvalue weighted by molar-refractivity contribution is 9.10. The largest absolute Gasteiger partial charge is 0.478 e. The lowest BCUT2D eigenvalue weighted by Gasteiger charge is -2.18. The molecule has 0 bridgehead atoms. The Balaban J connectivity index is 2.47. The van der Waals surface area contributed by atoms with Gasteiger partial charge in [0.2, 0.25) is 0 Å². The number of halogens is 1. The van der Waals surface area contributed by atoms with Crippen LogP contribution >= 0.6 is 15.9 Å². The van der Waals surface area contributed by atoms with E-state index in [4.69, 9.17) is 5.11 Å². The molecule has 15 heavy (non-hydrogen) atoms. The Morgan fingerprint density at radius 2 is 2.20 bits per heavy atom. The fourth-order valence-corrected chi connectivity index (χ4v) is 2.39. The summed E-state index contributed by atoms with van der Waals surface area (Å²) in [6.07, 6.45) is 4.25. The highest BCUT2D eigenvalue weighted by Gasteiger charge is 2.14. The molecule has 0 spiro atoms. The molecule has 0 aromatic heterocycles. The minimum Gasteiger partial charge on any atom is -0.478 e. The third kappa shape index (κ3) is 2.29. The lowest BCUT2D eigenvalue weighted by Crippen LogP contribution is -2.03. The summed E-state index contributed by atoms with van der Waals surface area (Å²) in [7, 11) is 0. The molecule has 1 aliphatic carbocycles. The van der Waals surface area contributed by atoms with Gasteiger partial charge < -0.3 is 5.11 Å². The second kappa shape index (κ2) is 4.19. The Bertz CT molecular complexity index is 435. The first kappa shape index (κ1) is 10.4. The van der Waals surface area contributed by atoms with Crippen molar-refractivity contribution in [3.8, 4) is 0 Å². The van der Waals surface area contributed by atoms with Crippen LogP contribution in [-0.2, 0) is 11.2 Å². The van der Waals surface area contributed by atoms with Gasteiger partial charge in [0.25, 0.3) is 0 Å². The van der Waals surface area contributed by atoms with E-state index in [2.05, 4.69) is 22.0 Å². The van der Waals surface area contributed by atoms with E-state index in [0.29, 0.717) is 0 Å². The van der Waals surface area contributed by atoms with Gasteiger partial charge in [-0.25, -0.2) is 4.79 Å². The van der Waals surface area contributed by atoms with Gasteiger partial charge in [-0.15, -0.1) is 0 Å². The monoisotopic (exact) mass is 266 g/mol. The van der Waals surface area contributed by atoms with Gasteiger partial charge in [0.15, 0.2) is 0 Å². The maximum Gasteiger partial charge on any atom is 0.328 e. The van der Waals surface area contributed by atoms with Crippen molar-refractivity contribution in [2.24, 2.45) is 0 Å². The molecule has 78 valence electrons. The number of carboxylic acid groups (broad SMARTS) is 1. The van der Waals surface area contributed by atoms with Crippen LogP contribution in [0.1, 0.15) is 24.0 Å². The maximum atomic E-state index is 10.7. The van der Waals surface area contributed by atoms with Gasteiger partial charge in [-0.3, -0.25) is 0 Å². The number of rotatable bonds is 1. The summed E-state index contributed by atoms with van der Waals surface area (Å²) in [6, 6.07) is 6.03. The van der Waals surface area contributed by atoms with Crippen LogP contribution in [0.4, 0.5) is 0 Å². The Labute approximate surface area is 96.7 Å². The number of aryl methyl sites for hydroxylation is 1. The van der Waals surface area contributed by atoms with Crippen molar-refractivity contribution >= 4 is 27.5 Å². The van der Waals surface area contributed by atoms with Crippen molar-refractivity contribution in [2.45, 2.75) is 19.3 Å². The number of fused-ring (bicyclic) bond motifs is 1. The van der Waals surface area contributed by atoms with E-state index in [0.717, 1.165) is 34.9 Å². The first-order chi connectivity index (χ1) is 7.16. The number of benzene rings is 1. The highest BCUT2D eigenvalue weighted by Crippen LogP contribution is 2.32. The molecule has 0 atom stereocenters. The lowest BCUT2D eigenvalue weighted by atomic mass is 9.87. The summed E-state index contributed by atoms with van der Waals surface area (Å²) in [6.45, 7) is 0. The minimum absolute atomic E-state index is 0.860. The second-order valence-electron chi connectivity index (χ2n) is 3.66. The summed E-state index contributed by atoms with van der Waals surface area (Å²) in [5, 5.41) is 8.76. The number of carbonyl (C=O) groups is 1. The molecule has 1 aliphatic rings. The van der Waals surface area contributed by atoms with Crippen molar-refractivity contribution in [1.29, 1.82) is 0 Å². The molecule has 1 N–H and O–H groups in total. The van der Waals surface area contributed by atoms with Gasteiger partial charge in [0.05, 0.1) is 0 Å². The zero-order valence-electron chi connectivity index (χ0n) is 8.16. The smallest absolute Gasteiger partial charge is 0.328 e. The molecule has 0 amide bonds. The highest BCUT2D eigenvalue weighted by atomic mass is 79.9. The van der Waals surface area contributed by atoms with Gasteiger partial charge in [-0.2, -0.15) is 0 Å². The van der Waals surface area contributed by atoms with E-state index in [-0.39, 0.29) is 0 Å². The SMILES string of the molecule is O=C(O)C=C1CCCc2cc(Br)ccc21. The number of aliphatic carboxylic acids is 1. The van der Waals surface area contributed by atoms with Crippen LogP contribution < -0.4 is 0 Å². The number of hydrogen-bond acceptors (Lipinski definition) is 1. The van der Waals surface area contributed by atoms with Gasteiger partial charge in [-0.1, -0.05) is 22.0 Å². The summed E-state index contributed by atoms with van der Waals surface area (Å²) in [5.74, 6) is -0.860. The van der Waals surface area contributed by atoms with E-state index in [1.165, 1.54) is 11.6 Å². The van der Waals surface area contributed by atoms with Crippen LogP contribution in [0.5, 0.6) is 0 Å². The molecule has 2 rings (SSSR count). The average Bonchev–Trinajstić information content (AvgIpc) is 2.16. The van der Waals surface area contributed by atoms with Crippen LogP contribution in [0.15, 0.2) is 28.7 Å². The Kier molecular flexibility index (Phi) is 2.91. The van der Waals surface area contributed by atoms with Crippen molar-refractivity contribution < 1.29 is 9.90 Å². The molecule has 0 radical (unpaired) electrons. The molecule has 0 aliphatic heterocycles. The Hall–Kier alpha value is -1.09. The first-order valence-corrected chi connectivity index (χ1v) is 5.68. The quantitative estimate of drug-likeness (QED) is 0.793. The summed E-state index contributed by atoms with van der Waals surface area (Å²) >= 11 is 3.43. The van der Waals surface area contributed by atoms with E-state index < -0.39 is 5.97 Å². The summed E-state index contributed by atoms with van der Waals surface area (Å²) in [4.78, 5) is 10.7. The van der Waals surface area contributed by atoms with E-state index in [1.54, 1.807) is 0 Å². The summed E-state index contributed by atoms with van der Waals surface area (Å²) < 4.78 is 1.05. The van der Waals surface area contributed by atoms with E-state index in [1.807, 2.05) is 12.1 Å². The topological polar surface area (TPSA) is 37.3 Å². The lowest BCUT2D eigenvalue weighted by molar-refractivity contribution is -0.131. The van der Waals surface area contributed by atoms with Crippen LogP contribution in [0, 0.1) is 0 Å². The molecular formula is C12H11BrO2. The molecule has 0 saturated heterocycles.